The van der Waals surface area contributed by atoms with E-state index in [1.54, 1.807) is 7.11 Å². The fourth-order valence-corrected chi connectivity index (χ4v) is 3.42. The zero-order valence-electron chi connectivity index (χ0n) is 19.6. The van der Waals surface area contributed by atoms with Crippen LogP contribution in [0.1, 0.15) is 26.2 Å². The fourth-order valence-electron chi connectivity index (χ4n) is 3.42. The van der Waals surface area contributed by atoms with E-state index >= 15 is 0 Å². The average molecular weight is 452 g/mol. The van der Waals surface area contributed by atoms with Crippen molar-refractivity contribution in [1.29, 1.82) is 0 Å². The Morgan fingerprint density at radius 3 is 2.47 bits per heavy atom. The number of piperazine rings is 1. The van der Waals surface area contributed by atoms with Crippen molar-refractivity contribution in [2.75, 3.05) is 84.0 Å². The van der Waals surface area contributed by atoms with Crippen LogP contribution in [0.4, 0.5) is 17.3 Å². The Labute approximate surface area is 190 Å². The highest BCUT2D eigenvalue weighted by molar-refractivity contribution is 5.75. The standard InChI is InChI=1S/C21H37N7O4/c1-5-6-15-32-21-24-19(22)18(23-2)20(25-21)28(16-30-3)14-13-27-11-9-26(10-12-27)8-7-17(29)31-4/h2,5-16H2,1,3-4H3,(H2,22,24,25). The average Bonchev–Trinajstić information content (AvgIpc) is 2.80. The summed E-state index contributed by atoms with van der Waals surface area (Å²) < 4.78 is 15.8. The first-order chi connectivity index (χ1) is 15.5. The first-order valence-corrected chi connectivity index (χ1v) is 11.0. The van der Waals surface area contributed by atoms with Crippen LogP contribution in [-0.2, 0) is 14.3 Å². The van der Waals surface area contributed by atoms with Crippen LogP contribution >= 0.6 is 0 Å². The molecule has 1 fully saturated rings. The normalized spacial score (nSPS) is 14.8. The summed E-state index contributed by atoms with van der Waals surface area (Å²) in [5.41, 5.74) is 6.53. The summed E-state index contributed by atoms with van der Waals surface area (Å²) in [4.78, 5) is 30.8. The molecule has 0 saturated carbocycles. The van der Waals surface area contributed by atoms with E-state index < -0.39 is 0 Å². The number of aliphatic imine (C=N–C) groups is 1. The zero-order valence-corrected chi connectivity index (χ0v) is 19.6. The Balaban J connectivity index is 1.98. The van der Waals surface area contributed by atoms with Gasteiger partial charge in [0, 0.05) is 52.9 Å². The molecule has 180 valence electrons. The number of nitrogen functional groups attached to an aromatic ring is 1. The molecule has 0 atom stereocenters. The van der Waals surface area contributed by atoms with E-state index in [0.717, 1.165) is 52.1 Å². The highest BCUT2D eigenvalue weighted by Gasteiger charge is 2.22. The van der Waals surface area contributed by atoms with E-state index in [2.05, 4.69) is 38.4 Å². The summed E-state index contributed by atoms with van der Waals surface area (Å²) >= 11 is 0. The number of hydrogen-bond acceptors (Lipinski definition) is 11. The number of anilines is 2. The van der Waals surface area contributed by atoms with Gasteiger partial charge in [-0.3, -0.25) is 14.7 Å². The Kier molecular flexibility index (Phi) is 11.1. The molecular weight excluding hydrogens is 414 g/mol. The minimum atomic E-state index is -0.170. The van der Waals surface area contributed by atoms with Gasteiger partial charge < -0.3 is 29.7 Å². The van der Waals surface area contributed by atoms with Crippen molar-refractivity contribution in [3.05, 3.63) is 0 Å². The van der Waals surface area contributed by atoms with Gasteiger partial charge in [0.1, 0.15) is 12.4 Å². The van der Waals surface area contributed by atoms with Gasteiger partial charge >= 0.3 is 12.0 Å². The molecule has 2 rings (SSSR count). The maximum Gasteiger partial charge on any atom is 0.320 e. The second-order valence-electron chi connectivity index (χ2n) is 7.61. The van der Waals surface area contributed by atoms with Crippen molar-refractivity contribution in [3.63, 3.8) is 0 Å². The molecule has 0 spiro atoms. The van der Waals surface area contributed by atoms with Gasteiger partial charge in [-0.05, 0) is 13.1 Å². The number of nitrogens with two attached hydrogens (primary N) is 1. The lowest BCUT2D eigenvalue weighted by atomic mass is 10.3. The lowest BCUT2D eigenvalue weighted by molar-refractivity contribution is -0.141. The predicted molar refractivity (Wildman–Crippen MR) is 125 cm³/mol. The summed E-state index contributed by atoms with van der Waals surface area (Å²) in [6.07, 6.45) is 2.35. The number of ether oxygens (including phenoxy) is 3. The van der Waals surface area contributed by atoms with E-state index in [9.17, 15) is 4.79 Å². The Morgan fingerprint density at radius 2 is 1.88 bits per heavy atom. The first-order valence-electron chi connectivity index (χ1n) is 11.0. The molecule has 1 aliphatic heterocycles. The smallest absolute Gasteiger partial charge is 0.320 e. The van der Waals surface area contributed by atoms with Gasteiger partial charge in [-0.2, -0.15) is 9.97 Å². The molecule has 0 radical (unpaired) electrons. The number of nitrogens with zero attached hydrogens (tertiary/aromatic N) is 6. The van der Waals surface area contributed by atoms with Gasteiger partial charge in [0.25, 0.3) is 0 Å². The lowest BCUT2D eigenvalue weighted by Crippen LogP contribution is -2.49. The van der Waals surface area contributed by atoms with Gasteiger partial charge in [0.05, 0.1) is 20.1 Å². The topological polar surface area (TPSA) is 119 Å². The SMILES string of the molecule is C=Nc1c(N)nc(OCCCC)nc1N(CCN1CCN(CCC(=O)OC)CC1)COC. The quantitative estimate of drug-likeness (QED) is 0.191. The van der Waals surface area contributed by atoms with Crippen LogP contribution in [0.3, 0.4) is 0 Å². The predicted octanol–water partition coefficient (Wildman–Crippen LogP) is 1.16. The Hall–Kier alpha value is -2.50. The number of carbonyl (C=O) groups excluding carboxylic acids is 1. The van der Waals surface area contributed by atoms with Crippen molar-refractivity contribution in [2.24, 2.45) is 4.99 Å². The molecule has 11 heteroatoms. The van der Waals surface area contributed by atoms with Crippen LogP contribution < -0.4 is 15.4 Å². The van der Waals surface area contributed by atoms with Gasteiger partial charge in [-0.15, -0.1) is 0 Å². The number of unbranched alkanes of at least 4 members (excludes halogenated alkanes) is 1. The minimum Gasteiger partial charge on any atom is -0.469 e. The number of hydrogen-bond donors (Lipinski definition) is 1. The minimum absolute atomic E-state index is 0.170. The Morgan fingerprint density at radius 1 is 1.19 bits per heavy atom. The molecule has 2 N–H and O–H groups in total. The van der Waals surface area contributed by atoms with Gasteiger partial charge in [-0.1, -0.05) is 13.3 Å². The molecule has 0 unspecified atom stereocenters. The van der Waals surface area contributed by atoms with E-state index in [-0.39, 0.29) is 17.8 Å². The highest BCUT2D eigenvalue weighted by atomic mass is 16.5. The van der Waals surface area contributed by atoms with Crippen molar-refractivity contribution >= 4 is 30.0 Å². The molecule has 0 amide bonds. The summed E-state index contributed by atoms with van der Waals surface area (Å²) in [6.45, 7) is 12.5. The van der Waals surface area contributed by atoms with E-state index in [1.165, 1.54) is 7.11 Å². The van der Waals surface area contributed by atoms with E-state index in [0.29, 0.717) is 37.8 Å². The molecule has 1 aromatic rings. The van der Waals surface area contributed by atoms with Crippen LogP contribution in [0.2, 0.25) is 0 Å². The molecule has 0 bridgehead atoms. The molecule has 1 saturated heterocycles. The largest absolute Gasteiger partial charge is 0.469 e. The number of aromatic nitrogens is 2. The summed E-state index contributed by atoms with van der Waals surface area (Å²) in [5.74, 6) is 0.617. The first kappa shape index (κ1) is 25.8. The maximum absolute atomic E-state index is 11.3. The van der Waals surface area contributed by atoms with Crippen molar-refractivity contribution < 1.29 is 19.0 Å². The van der Waals surface area contributed by atoms with Crippen LogP contribution in [0.25, 0.3) is 0 Å². The summed E-state index contributed by atoms with van der Waals surface area (Å²) in [5, 5.41) is 0. The highest BCUT2D eigenvalue weighted by Crippen LogP contribution is 2.33. The lowest BCUT2D eigenvalue weighted by Gasteiger charge is -2.35. The van der Waals surface area contributed by atoms with Crippen molar-refractivity contribution in [1.82, 2.24) is 19.8 Å². The monoisotopic (exact) mass is 451 g/mol. The van der Waals surface area contributed by atoms with Gasteiger partial charge in [0.2, 0.25) is 0 Å². The molecule has 1 aliphatic rings. The van der Waals surface area contributed by atoms with E-state index in [4.69, 9.17) is 19.9 Å². The van der Waals surface area contributed by atoms with Crippen LogP contribution in [0, 0.1) is 0 Å². The van der Waals surface area contributed by atoms with Crippen molar-refractivity contribution in [3.8, 4) is 6.01 Å². The number of rotatable bonds is 14. The maximum atomic E-state index is 11.3. The molecule has 0 aromatic carbocycles. The Bertz CT molecular complexity index is 726. The second kappa shape index (κ2) is 13.8. The summed E-state index contributed by atoms with van der Waals surface area (Å²) in [6, 6.07) is 0.235. The zero-order chi connectivity index (χ0) is 23.3. The van der Waals surface area contributed by atoms with E-state index in [1.807, 2.05) is 4.90 Å². The molecule has 11 nitrogen and oxygen atoms in total. The number of methoxy groups -OCH3 is 2. The third-order valence-electron chi connectivity index (χ3n) is 5.35. The molecular formula is C21H37N7O4. The molecule has 1 aromatic heterocycles. The van der Waals surface area contributed by atoms with Crippen molar-refractivity contribution in [2.45, 2.75) is 26.2 Å². The number of carbonyl (C=O) groups is 1. The molecule has 0 aliphatic carbocycles. The van der Waals surface area contributed by atoms with Crippen LogP contribution in [-0.4, -0.2) is 106 Å². The second-order valence-corrected chi connectivity index (χ2v) is 7.61. The molecule has 2 heterocycles. The molecule has 32 heavy (non-hydrogen) atoms. The summed E-state index contributed by atoms with van der Waals surface area (Å²) in [7, 11) is 3.06. The van der Waals surface area contributed by atoms with Gasteiger partial charge in [0.15, 0.2) is 11.6 Å². The third-order valence-corrected chi connectivity index (χ3v) is 5.35. The van der Waals surface area contributed by atoms with Gasteiger partial charge in [-0.25, -0.2) is 0 Å². The van der Waals surface area contributed by atoms with Crippen LogP contribution in [0.15, 0.2) is 4.99 Å². The van der Waals surface area contributed by atoms with Crippen LogP contribution in [0.5, 0.6) is 6.01 Å². The third kappa shape index (κ3) is 7.88. The fraction of sp³-hybridized carbons (Fsp3) is 0.714. The number of esters is 1.